The molecule has 0 bridgehead atoms. The van der Waals surface area contributed by atoms with Crippen molar-refractivity contribution >= 4 is 17.5 Å². The molecular weight excluding hydrogens is 268 g/mol. The number of anilines is 1. The van der Waals surface area contributed by atoms with Crippen LogP contribution in [0.1, 0.15) is 25.0 Å². The number of benzene rings is 1. The van der Waals surface area contributed by atoms with E-state index in [9.17, 15) is 9.59 Å². The third-order valence-corrected chi connectivity index (χ3v) is 3.98. The Labute approximate surface area is 125 Å². The highest BCUT2D eigenvalue weighted by atomic mass is 16.5. The Bertz CT molecular complexity index is 556. The van der Waals surface area contributed by atoms with Gasteiger partial charge in [0.15, 0.2) is 0 Å². The summed E-state index contributed by atoms with van der Waals surface area (Å²) in [5.74, 6) is -1.09. The monoisotopic (exact) mass is 290 g/mol. The molecule has 1 aliphatic heterocycles. The summed E-state index contributed by atoms with van der Waals surface area (Å²) in [6.45, 7) is 8.57. The molecule has 2 rings (SSSR count). The van der Waals surface area contributed by atoms with Crippen molar-refractivity contribution in [2.75, 3.05) is 18.5 Å². The Balaban J connectivity index is 2.09. The number of nitrogens with one attached hydrogen (secondary N) is 1. The van der Waals surface area contributed by atoms with Gasteiger partial charge in [-0.1, -0.05) is 12.1 Å². The topological polar surface area (TPSA) is 58.6 Å². The van der Waals surface area contributed by atoms with Gasteiger partial charge in [-0.15, -0.1) is 0 Å². The fourth-order valence-corrected chi connectivity index (χ4v) is 2.40. The van der Waals surface area contributed by atoms with Gasteiger partial charge in [-0.05, 0) is 44.9 Å². The summed E-state index contributed by atoms with van der Waals surface area (Å²) in [6.07, 6.45) is -0.0591. The standard InChI is InChI=1S/C16H22N2O3/c1-10-5-6-11(2)14(9-10)17-15(19)16(20)18-7-8-21-13(4)12(18)3/h5-6,9,12-13H,7-8H2,1-4H3,(H,17,19)/t12-,13+/m1/s1. The Hall–Kier alpha value is -1.88. The van der Waals surface area contributed by atoms with Crippen LogP contribution in [0.25, 0.3) is 0 Å². The Morgan fingerprint density at radius 1 is 1.29 bits per heavy atom. The van der Waals surface area contributed by atoms with Gasteiger partial charge in [-0.2, -0.15) is 0 Å². The van der Waals surface area contributed by atoms with Crippen LogP contribution in [0.3, 0.4) is 0 Å². The molecule has 1 aliphatic rings. The zero-order valence-electron chi connectivity index (χ0n) is 13.0. The molecule has 2 atom stereocenters. The molecule has 1 fully saturated rings. The van der Waals surface area contributed by atoms with Gasteiger partial charge >= 0.3 is 11.8 Å². The van der Waals surface area contributed by atoms with Gasteiger partial charge in [0, 0.05) is 12.2 Å². The SMILES string of the molecule is Cc1ccc(C)c(NC(=O)C(=O)N2CCO[C@@H](C)[C@H]2C)c1. The number of nitrogens with zero attached hydrogens (tertiary/aromatic N) is 1. The third-order valence-electron chi connectivity index (χ3n) is 3.98. The minimum atomic E-state index is -0.593. The van der Waals surface area contributed by atoms with Crippen molar-refractivity contribution in [2.24, 2.45) is 0 Å². The van der Waals surface area contributed by atoms with Gasteiger partial charge in [-0.3, -0.25) is 9.59 Å². The summed E-state index contributed by atoms with van der Waals surface area (Å²) >= 11 is 0. The Morgan fingerprint density at radius 2 is 2.00 bits per heavy atom. The number of aryl methyl sites for hydroxylation is 2. The summed E-state index contributed by atoms with van der Waals surface area (Å²) in [6, 6.07) is 5.66. The molecule has 21 heavy (non-hydrogen) atoms. The fraction of sp³-hybridized carbons (Fsp3) is 0.500. The van der Waals surface area contributed by atoms with Gasteiger partial charge in [0.2, 0.25) is 0 Å². The lowest BCUT2D eigenvalue weighted by atomic mass is 10.1. The summed E-state index contributed by atoms with van der Waals surface area (Å²) in [5.41, 5.74) is 2.66. The molecule has 1 aromatic rings. The van der Waals surface area contributed by atoms with Crippen molar-refractivity contribution in [3.05, 3.63) is 29.3 Å². The molecule has 1 saturated heterocycles. The lowest BCUT2D eigenvalue weighted by molar-refractivity contribution is -0.152. The number of carbonyl (C=O) groups is 2. The van der Waals surface area contributed by atoms with E-state index in [1.54, 1.807) is 4.90 Å². The molecule has 114 valence electrons. The molecular formula is C16H22N2O3. The molecule has 1 aromatic carbocycles. The molecule has 5 heteroatoms. The van der Waals surface area contributed by atoms with Crippen LogP contribution in [-0.2, 0) is 14.3 Å². The lowest BCUT2D eigenvalue weighted by Gasteiger charge is -2.37. The highest BCUT2D eigenvalue weighted by molar-refractivity contribution is 6.39. The van der Waals surface area contributed by atoms with Crippen molar-refractivity contribution in [3.8, 4) is 0 Å². The van der Waals surface area contributed by atoms with Crippen molar-refractivity contribution in [1.82, 2.24) is 4.90 Å². The van der Waals surface area contributed by atoms with E-state index < -0.39 is 11.8 Å². The van der Waals surface area contributed by atoms with Gasteiger partial charge in [-0.25, -0.2) is 0 Å². The first-order valence-electron chi connectivity index (χ1n) is 7.21. The number of carbonyl (C=O) groups excluding carboxylic acids is 2. The van der Waals surface area contributed by atoms with E-state index in [0.717, 1.165) is 11.1 Å². The van der Waals surface area contributed by atoms with Crippen LogP contribution in [0.4, 0.5) is 5.69 Å². The number of hydrogen-bond donors (Lipinski definition) is 1. The Kier molecular flexibility index (Phi) is 4.63. The van der Waals surface area contributed by atoms with Crippen molar-refractivity contribution in [2.45, 2.75) is 39.8 Å². The molecule has 1 heterocycles. The molecule has 1 N–H and O–H groups in total. The number of morpholine rings is 1. The summed E-state index contributed by atoms with van der Waals surface area (Å²) in [4.78, 5) is 26.1. The summed E-state index contributed by atoms with van der Waals surface area (Å²) in [7, 11) is 0. The molecule has 0 aliphatic carbocycles. The maximum Gasteiger partial charge on any atom is 0.313 e. The van der Waals surface area contributed by atoms with Crippen LogP contribution in [0.5, 0.6) is 0 Å². The van der Waals surface area contributed by atoms with Crippen molar-refractivity contribution in [1.29, 1.82) is 0 Å². The van der Waals surface area contributed by atoms with Crippen LogP contribution in [0, 0.1) is 13.8 Å². The molecule has 0 aromatic heterocycles. The van der Waals surface area contributed by atoms with E-state index in [1.165, 1.54) is 0 Å². The number of rotatable bonds is 1. The van der Waals surface area contributed by atoms with Crippen LogP contribution in [0.2, 0.25) is 0 Å². The maximum atomic E-state index is 12.3. The summed E-state index contributed by atoms with van der Waals surface area (Å²) in [5, 5.41) is 2.71. The van der Waals surface area contributed by atoms with Crippen LogP contribution < -0.4 is 5.32 Å². The van der Waals surface area contributed by atoms with Gasteiger partial charge in [0.05, 0.1) is 18.8 Å². The molecule has 0 unspecified atom stereocenters. The smallest absolute Gasteiger partial charge is 0.313 e. The second-order valence-corrected chi connectivity index (χ2v) is 5.59. The van der Waals surface area contributed by atoms with Crippen LogP contribution in [-0.4, -0.2) is 42.0 Å². The molecule has 0 spiro atoms. The van der Waals surface area contributed by atoms with E-state index in [-0.39, 0.29) is 12.1 Å². The van der Waals surface area contributed by atoms with E-state index in [1.807, 2.05) is 45.9 Å². The minimum Gasteiger partial charge on any atom is -0.375 e. The van der Waals surface area contributed by atoms with E-state index >= 15 is 0 Å². The first kappa shape index (κ1) is 15.5. The molecule has 5 nitrogen and oxygen atoms in total. The minimum absolute atomic E-state index is 0.0591. The first-order valence-corrected chi connectivity index (χ1v) is 7.21. The Morgan fingerprint density at radius 3 is 2.71 bits per heavy atom. The fourth-order valence-electron chi connectivity index (χ4n) is 2.40. The number of hydrogen-bond acceptors (Lipinski definition) is 3. The van der Waals surface area contributed by atoms with E-state index in [4.69, 9.17) is 4.74 Å². The average Bonchev–Trinajstić information content (AvgIpc) is 2.45. The highest BCUT2D eigenvalue weighted by Gasteiger charge is 2.32. The molecule has 0 saturated carbocycles. The predicted octanol–water partition coefficient (Wildman–Crippen LogP) is 1.88. The molecule has 0 radical (unpaired) electrons. The second-order valence-electron chi connectivity index (χ2n) is 5.59. The van der Waals surface area contributed by atoms with Crippen LogP contribution >= 0.6 is 0 Å². The van der Waals surface area contributed by atoms with Crippen LogP contribution in [0.15, 0.2) is 18.2 Å². The van der Waals surface area contributed by atoms with Gasteiger partial charge < -0.3 is 15.0 Å². The third kappa shape index (κ3) is 3.42. The van der Waals surface area contributed by atoms with Crippen molar-refractivity contribution in [3.63, 3.8) is 0 Å². The lowest BCUT2D eigenvalue weighted by Crippen LogP contribution is -2.54. The van der Waals surface area contributed by atoms with E-state index in [2.05, 4.69) is 5.32 Å². The zero-order chi connectivity index (χ0) is 15.6. The quantitative estimate of drug-likeness (QED) is 0.803. The average molecular weight is 290 g/mol. The predicted molar refractivity (Wildman–Crippen MR) is 81.1 cm³/mol. The highest BCUT2D eigenvalue weighted by Crippen LogP contribution is 2.18. The zero-order valence-corrected chi connectivity index (χ0v) is 13.0. The maximum absolute atomic E-state index is 12.3. The van der Waals surface area contributed by atoms with Gasteiger partial charge in [0.25, 0.3) is 0 Å². The largest absolute Gasteiger partial charge is 0.375 e. The normalized spacial score (nSPS) is 22.0. The van der Waals surface area contributed by atoms with Crippen molar-refractivity contribution < 1.29 is 14.3 Å². The summed E-state index contributed by atoms with van der Waals surface area (Å²) < 4.78 is 5.48. The second kappa shape index (κ2) is 6.26. The van der Waals surface area contributed by atoms with Gasteiger partial charge in [0.1, 0.15) is 0 Å². The van der Waals surface area contributed by atoms with E-state index in [0.29, 0.717) is 18.8 Å². The molecule has 2 amide bonds. The first-order chi connectivity index (χ1) is 9.90. The number of ether oxygens (including phenoxy) is 1. The number of amides is 2.